The molecule has 0 aliphatic rings. The van der Waals surface area contributed by atoms with E-state index in [0.717, 1.165) is 31.4 Å². The van der Waals surface area contributed by atoms with E-state index in [0.29, 0.717) is 35.7 Å². The van der Waals surface area contributed by atoms with Crippen LogP contribution in [0.3, 0.4) is 0 Å². The van der Waals surface area contributed by atoms with Crippen molar-refractivity contribution in [1.82, 2.24) is 0 Å². The number of unbranched alkanes of at least 4 members (excludes halogenated alkanes) is 4. The van der Waals surface area contributed by atoms with Crippen molar-refractivity contribution in [2.24, 2.45) is 0 Å². The molecule has 0 saturated carbocycles. The summed E-state index contributed by atoms with van der Waals surface area (Å²) in [6.07, 6.45) is 6.40. The third-order valence-corrected chi connectivity index (χ3v) is 4.72. The Labute approximate surface area is 179 Å². The predicted octanol–water partition coefficient (Wildman–Crippen LogP) is 6.13. The molecule has 0 aliphatic carbocycles. The number of carbonyl (C=O) groups excluding carboxylic acids is 2. The van der Waals surface area contributed by atoms with E-state index in [1.807, 2.05) is 6.92 Å². The fraction of sp³-hybridized carbons (Fsp3) is 0.440. The van der Waals surface area contributed by atoms with Crippen molar-refractivity contribution in [3.8, 4) is 11.5 Å². The van der Waals surface area contributed by atoms with Crippen LogP contribution in [0, 0.1) is 6.92 Å². The average Bonchev–Trinajstić information content (AvgIpc) is 2.74. The number of hydrogen-bond acceptors (Lipinski definition) is 5. The van der Waals surface area contributed by atoms with Crippen LogP contribution in [0.15, 0.2) is 42.5 Å². The Morgan fingerprint density at radius 2 is 1.47 bits per heavy atom. The Balaban J connectivity index is 1.89. The van der Waals surface area contributed by atoms with Gasteiger partial charge in [0, 0.05) is 0 Å². The van der Waals surface area contributed by atoms with Crippen LogP contribution in [0.4, 0.5) is 0 Å². The minimum atomic E-state index is -0.456. The molecule has 2 aromatic carbocycles. The fourth-order valence-corrected chi connectivity index (χ4v) is 2.89. The second-order valence-electron chi connectivity index (χ2n) is 7.29. The van der Waals surface area contributed by atoms with E-state index in [9.17, 15) is 9.59 Å². The van der Waals surface area contributed by atoms with Gasteiger partial charge in [0.05, 0.1) is 24.3 Å². The fourth-order valence-electron chi connectivity index (χ4n) is 2.89. The van der Waals surface area contributed by atoms with E-state index in [1.54, 1.807) is 49.4 Å². The first-order valence-electron chi connectivity index (χ1n) is 10.8. The third-order valence-electron chi connectivity index (χ3n) is 4.72. The summed E-state index contributed by atoms with van der Waals surface area (Å²) in [5.74, 6) is 0.315. The molecule has 5 nitrogen and oxygen atoms in total. The number of benzene rings is 2. The lowest BCUT2D eigenvalue weighted by molar-refractivity contribution is 0.0499. The molecule has 0 fully saturated rings. The number of ether oxygens (including phenoxy) is 3. The van der Waals surface area contributed by atoms with E-state index in [2.05, 4.69) is 6.92 Å². The molecule has 0 aromatic heterocycles. The first-order valence-corrected chi connectivity index (χ1v) is 10.8. The van der Waals surface area contributed by atoms with Gasteiger partial charge < -0.3 is 14.2 Å². The summed E-state index contributed by atoms with van der Waals surface area (Å²) in [6, 6.07) is 11.8. The quantitative estimate of drug-likeness (QED) is 0.238. The summed E-state index contributed by atoms with van der Waals surface area (Å²) in [5.41, 5.74) is 1.62. The molecule has 0 N–H and O–H groups in total. The Morgan fingerprint density at radius 3 is 2.13 bits per heavy atom. The molecule has 2 aromatic rings. The molecule has 0 spiro atoms. The van der Waals surface area contributed by atoms with E-state index in [-0.39, 0.29) is 5.97 Å². The Bertz CT molecular complexity index is 811. The Hall–Kier alpha value is -2.82. The maximum absolute atomic E-state index is 12.4. The molecule has 0 bridgehead atoms. The zero-order valence-corrected chi connectivity index (χ0v) is 18.2. The lowest BCUT2D eigenvalue weighted by Gasteiger charge is -2.10. The van der Waals surface area contributed by atoms with E-state index >= 15 is 0 Å². The molecular formula is C25H32O5. The Kier molecular flexibility index (Phi) is 9.92. The highest BCUT2D eigenvalue weighted by molar-refractivity contribution is 5.93. The summed E-state index contributed by atoms with van der Waals surface area (Å²) in [7, 11) is 0. The van der Waals surface area contributed by atoms with Crippen molar-refractivity contribution >= 4 is 11.9 Å². The smallest absolute Gasteiger partial charge is 0.343 e. The van der Waals surface area contributed by atoms with Crippen molar-refractivity contribution in [3.05, 3.63) is 59.2 Å². The normalized spacial score (nSPS) is 10.5. The van der Waals surface area contributed by atoms with Gasteiger partial charge in [0.2, 0.25) is 0 Å². The van der Waals surface area contributed by atoms with Crippen LogP contribution in [0.5, 0.6) is 11.5 Å². The summed E-state index contributed by atoms with van der Waals surface area (Å²) in [5, 5.41) is 0. The summed E-state index contributed by atoms with van der Waals surface area (Å²) >= 11 is 0. The van der Waals surface area contributed by atoms with Crippen molar-refractivity contribution < 1.29 is 23.8 Å². The molecule has 30 heavy (non-hydrogen) atoms. The first kappa shape index (κ1) is 23.5. The molecule has 0 atom stereocenters. The minimum Gasteiger partial charge on any atom is -0.494 e. The van der Waals surface area contributed by atoms with Crippen molar-refractivity contribution in [3.63, 3.8) is 0 Å². The van der Waals surface area contributed by atoms with Gasteiger partial charge in [-0.2, -0.15) is 0 Å². The van der Waals surface area contributed by atoms with Gasteiger partial charge >= 0.3 is 11.9 Å². The van der Waals surface area contributed by atoms with Crippen LogP contribution >= 0.6 is 0 Å². The van der Waals surface area contributed by atoms with Gasteiger partial charge in [-0.1, -0.05) is 39.5 Å². The van der Waals surface area contributed by atoms with Gasteiger partial charge in [0.25, 0.3) is 0 Å². The van der Waals surface area contributed by atoms with E-state index in [4.69, 9.17) is 14.2 Å². The minimum absolute atomic E-state index is 0.357. The largest absolute Gasteiger partial charge is 0.494 e. The van der Waals surface area contributed by atoms with Crippen molar-refractivity contribution in [2.45, 2.75) is 59.3 Å². The first-order chi connectivity index (χ1) is 14.5. The van der Waals surface area contributed by atoms with Crippen LogP contribution in [0.25, 0.3) is 0 Å². The molecule has 0 unspecified atom stereocenters. The highest BCUT2D eigenvalue weighted by Crippen LogP contribution is 2.20. The lowest BCUT2D eigenvalue weighted by Crippen LogP contribution is -2.11. The predicted molar refractivity (Wildman–Crippen MR) is 117 cm³/mol. The van der Waals surface area contributed by atoms with Crippen LogP contribution < -0.4 is 9.47 Å². The number of carbonyl (C=O) groups is 2. The second kappa shape index (κ2) is 12.7. The van der Waals surface area contributed by atoms with Gasteiger partial charge in [0.15, 0.2) is 0 Å². The van der Waals surface area contributed by atoms with Gasteiger partial charge in [-0.15, -0.1) is 0 Å². The molecule has 162 valence electrons. The summed E-state index contributed by atoms with van der Waals surface area (Å²) in [4.78, 5) is 24.5. The average molecular weight is 413 g/mol. The Morgan fingerprint density at radius 1 is 0.767 bits per heavy atom. The topological polar surface area (TPSA) is 61.8 Å². The molecule has 5 heteroatoms. The number of hydrogen-bond donors (Lipinski definition) is 0. The van der Waals surface area contributed by atoms with Crippen LogP contribution in [0.1, 0.15) is 78.7 Å². The number of esters is 2. The second-order valence-corrected chi connectivity index (χ2v) is 7.29. The zero-order valence-electron chi connectivity index (χ0n) is 18.2. The monoisotopic (exact) mass is 412 g/mol. The van der Waals surface area contributed by atoms with Gasteiger partial charge in [-0.3, -0.25) is 0 Å². The van der Waals surface area contributed by atoms with Gasteiger partial charge in [-0.05, 0) is 67.8 Å². The molecule has 0 aliphatic heterocycles. The lowest BCUT2D eigenvalue weighted by atomic mass is 10.1. The molecule has 0 radical (unpaired) electrons. The molecule has 0 saturated heterocycles. The molecule has 0 heterocycles. The van der Waals surface area contributed by atoms with Gasteiger partial charge in [-0.25, -0.2) is 9.59 Å². The van der Waals surface area contributed by atoms with Gasteiger partial charge in [0.1, 0.15) is 11.5 Å². The van der Waals surface area contributed by atoms with Crippen molar-refractivity contribution in [2.75, 3.05) is 13.2 Å². The third kappa shape index (κ3) is 7.54. The molecule has 2 rings (SSSR count). The molecule has 0 amide bonds. The van der Waals surface area contributed by atoms with Crippen LogP contribution in [-0.4, -0.2) is 25.2 Å². The zero-order chi connectivity index (χ0) is 21.8. The maximum atomic E-state index is 12.4. The number of rotatable bonds is 12. The van der Waals surface area contributed by atoms with E-state index < -0.39 is 5.97 Å². The standard InChI is InChI=1S/C25H32O5/c1-4-6-8-9-17-28-21-12-10-20(11-13-21)24(26)30-22-14-15-23(19(3)18-22)25(27)29-16-7-5-2/h10-15,18H,4-9,16-17H2,1-3H3. The van der Waals surface area contributed by atoms with Crippen LogP contribution in [-0.2, 0) is 4.74 Å². The summed E-state index contributed by atoms with van der Waals surface area (Å²) in [6.45, 7) is 7.09. The maximum Gasteiger partial charge on any atom is 0.343 e. The highest BCUT2D eigenvalue weighted by atomic mass is 16.5. The SMILES string of the molecule is CCCCCCOc1ccc(C(=O)Oc2ccc(C(=O)OCCCC)c(C)c2)cc1. The van der Waals surface area contributed by atoms with Crippen LogP contribution in [0.2, 0.25) is 0 Å². The van der Waals surface area contributed by atoms with Crippen molar-refractivity contribution in [1.29, 1.82) is 0 Å². The van der Waals surface area contributed by atoms with E-state index in [1.165, 1.54) is 12.8 Å². The number of aryl methyl sites for hydroxylation is 1. The summed E-state index contributed by atoms with van der Waals surface area (Å²) < 4.78 is 16.4. The molecular weight excluding hydrogens is 380 g/mol. The highest BCUT2D eigenvalue weighted by Gasteiger charge is 2.14.